The highest BCUT2D eigenvalue weighted by molar-refractivity contribution is 5.80. The molecular formula is C14H20FNO3. The maximum atomic E-state index is 13.0. The maximum absolute atomic E-state index is 13.0. The van der Waals surface area contributed by atoms with Crippen LogP contribution in [0.15, 0.2) is 18.2 Å². The molecule has 0 spiro atoms. The molecule has 1 rings (SSSR count). The van der Waals surface area contributed by atoms with Crippen LogP contribution in [0.3, 0.4) is 0 Å². The third kappa shape index (κ3) is 3.92. The molecule has 4 nitrogen and oxygen atoms in total. The molecule has 1 atom stereocenters. The maximum Gasteiger partial charge on any atom is 0.263 e. The summed E-state index contributed by atoms with van der Waals surface area (Å²) in [5.41, 5.74) is 0.333. The molecule has 0 aliphatic rings. The Balaban J connectivity index is 2.81. The van der Waals surface area contributed by atoms with E-state index >= 15 is 0 Å². The van der Waals surface area contributed by atoms with Crippen LogP contribution in [-0.4, -0.2) is 35.1 Å². The summed E-state index contributed by atoms with van der Waals surface area (Å²) in [5, 5.41) is 9.15. The minimum Gasteiger partial charge on any atom is -0.481 e. The second kappa shape index (κ2) is 7.09. The molecule has 0 aliphatic carbocycles. The lowest BCUT2D eigenvalue weighted by atomic mass is 10.2. The molecule has 0 bridgehead atoms. The zero-order valence-electron chi connectivity index (χ0n) is 11.5. The molecule has 1 aromatic rings. The van der Waals surface area contributed by atoms with E-state index in [0.29, 0.717) is 24.4 Å². The second-order valence-corrected chi connectivity index (χ2v) is 4.18. The zero-order valence-corrected chi connectivity index (χ0v) is 11.5. The number of nitrogens with zero attached hydrogens (tertiary/aromatic N) is 1. The van der Waals surface area contributed by atoms with Crippen molar-refractivity contribution in [3.8, 4) is 5.75 Å². The lowest BCUT2D eigenvalue weighted by Crippen LogP contribution is -2.40. The van der Waals surface area contributed by atoms with Crippen molar-refractivity contribution in [2.24, 2.45) is 0 Å². The Morgan fingerprint density at radius 3 is 2.58 bits per heavy atom. The fourth-order valence-electron chi connectivity index (χ4n) is 1.82. The lowest BCUT2D eigenvalue weighted by molar-refractivity contribution is -0.137. The van der Waals surface area contributed by atoms with E-state index in [1.54, 1.807) is 11.8 Å². The van der Waals surface area contributed by atoms with Crippen molar-refractivity contribution in [3.63, 3.8) is 0 Å². The Bertz CT molecular complexity index is 433. The summed E-state index contributed by atoms with van der Waals surface area (Å²) in [6.45, 7) is 6.32. The van der Waals surface area contributed by atoms with Gasteiger partial charge in [-0.25, -0.2) is 4.39 Å². The first-order chi connectivity index (χ1) is 9.03. The summed E-state index contributed by atoms with van der Waals surface area (Å²) in [6.07, 6.45) is -0.671. The number of hydrogen-bond acceptors (Lipinski definition) is 3. The van der Waals surface area contributed by atoms with Crippen LogP contribution >= 0.6 is 0 Å². The summed E-state index contributed by atoms with van der Waals surface area (Å²) in [4.78, 5) is 13.7. The van der Waals surface area contributed by atoms with E-state index in [9.17, 15) is 9.18 Å². The van der Waals surface area contributed by atoms with Crippen LogP contribution in [0.2, 0.25) is 0 Å². The van der Waals surface area contributed by atoms with E-state index in [-0.39, 0.29) is 12.5 Å². The first-order valence-corrected chi connectivity index (χ1v) is 6.38. The molecule has 1 N–H and O–H groups in total. The molecule has 0 fully saturated rings. The van der Waals surface area contributed by atoms with Crippen molar-refractivity contribution >= 4 is 5.91 Å². The van der Waals surface area contributed by atoms with E-state index in [1.807, 2.05) is 13.8 Å². The number of ether oxygens (including phenoxy) is 1. The number of likely N-dealkylation sites (N-methyl/N-ethyl adjacent to an activating group) is 1. The Hall–Kier alpha value is -1.62. The predicted octanol–water partition coefficient (Wildman–Crippen LogP) is 1.95. The van der Waals surface area contributed by atoms with Crippen LogP contribution in [0, 0.1) is 5.82 Å². The summed E-state index contributed by atoms with van der Waals surface area (Å²) in [7, 11) is 0. The van der Waals surface area contributed by atoms with Crippen LogP contribution in [-0.2, 0) is 11.4 Å². The molecule has 1 unspecified atom stereocenters. The van der Waals surface area contributed by atoms with Gasteiger partial charge in [-0.2, -0.15) is 0 Å². The second-order valence-electron chi connectivity index (χ2n) is 4.18. The van der Waals surface area contributed by atoms with Gasteiger partial charge in [-0.1, -0.05) is 0 Å². The average Bonchev–Trinajstić information content (AvgIpc) is 2.41. The highest BCUT2D eigenvalue weighted by Crippen LogP contribution is 2.21. The van der Waals surface area contributed by atoms with E-state index in [0.717, 1.165) is 0 Å². The molecule has 0 radical (unpaired) electrons. The number of benzene rings is 1. The molecule has 0 heterocycles. The number of aliphatic hydroxyl groups is 1. The molecule has 1 aromatic carbocycles. The third-order valence-electron chi connectivity index (χ3n) is 2.92. The summed E-state index contributed by atoms with van der Waals surface area (Å²) < 4.78 is 18.5. The number of hydrogen-bond donors (Lipinski definition) is 1. The lowest BCUT2D eigenvalue weighted by Gasteiger charge is -2.24. The van der Waals surface area contributed by atoms with Gasteiger partial charge in [0, 0.05) is 18.7 Å². The van der Waals surface area contributed by atoms with Gasteiger partial charge in [0.2, 0.25) is 0 Å². The van der Waals surface area contributed by atoms with Crippen molar-refractivity contribution in [1.82, 2.24) is 4.90 Å². The number of amides is 1. The van der Waals surface area contributed by atoms with E-state index in [1.165, 1.54) is 18.2 Å². The first-order valence-electron chi connectivity index (χ1n) is 6.38. The number of carbonyl (C=O) groups is 1. The number of carbonyl (C=O) groups excluding carboxylic acids is 1. The first kappa shape index (κ1) is 15.4. The largest absolute Gasteiger partial charge is 0.481 e. The molecular weight excluding hydrogens is 249 g/mol. The standard InChI is InChI=1S/C14H20FNO3/c1-4-16(5-2)14(18)10(3)19-13-7-6-12(15)8-11(13)9-17/h6-8,10,17H,4-5,9H2,1-3H3. The molecule has 5 heteroatoms. The van der Waals surface area contributed by atoms with Gasteiger partial charge in [-0.05, 0) is 39.0 Å². The van der Waals surface area contributed by atoms with Gasteiger partial charge in [0.1, 0.15) is 11.6 Å². The average molecular weight is 269 g/mol. The summed E-state index contributed by atoms with van der Waals surface area (Å²) >= 11 is 0. The topological polar surface area (TPSA) is 49.8 Å². The van der Waals surface area contributed by atoms with Crippen molar-refractivity contribution in [2.45, 2.75) is 33.5 Å². The molecule has 0 aromatic heterocycles. The SMILES string of the molecule is CCN(CC)C(=O)C(C)Oc1ccc(F)cc1CO. The van der Waals surface area contributed by atoms with Crippen molar-refractivity contribution in [2.75, 3.05) is 13.1 Å². The third-order valence-corrected chi connectivity index (χ3v) is 2.92. The van der Waals surface area contributed by atoms with Gasteiger partial charge in [0.05, 0.1) is 6.61 Å². The monoisotopic (exact) mass is 269 g/mol. The van der Waals surface area contributed by atoms with Gasteiger partial charge in [0.15, 0.2) is 6.10 Å². The van der Waals surface area contributed by atoms with Gasteiger partial charge >= 0.3 is 0 Å². The van der Waals surface area contributed by atoms with Gasteiger partial charge < -0.3 is 14.7 Å². The Morgan fingerprint density at radius 1 is 1.42 bits per heavy atom. The van der Waals surface area contributed by atoms with Crippen molar-refractivity contribution in [3.05, 3.63) is 29.6 Å². The van der Waals surface area contributed by atoms with Gasteiger partial charge in [-0.3, -0.25) is 4.79 Å². The van der Waals surface area contributed by atoms with Crippen LogP contribution in [0.4, 0.5) is 4.39 Å². The Kier molecular flexibility index (Phi) is 5.76. The Morgan fingerprint density at radius 2 is 2.05 bits per heavy atom. The van der Waals surface area contributed by atoms with Crippen LogP contribution in [0.25, 0.3) is 0 Å². The fourth-order valence-corrected chi connectivity index (χ4v) is 1.82. The summed E-state index contributed by atoms with van der Waals surface area (Å²) in [5.74, 6) is -0.241. The fraction of sp³-hybridized carbons (Fsp3) is 0.500. The zero-order chi connectivity index (χ0) is 14.4. The highest BCUT2D eigenvalue weighted by Gasteiger charge is 2.20. The highest BCUT2D eigenvalue weighted by atomic mass is 19.1. The van der Waals surface area contributed by atoms with Crippen molar-refractivity contribution < 1.29 is 19.0 Å². The number of rotatable bonds is 6. The van der Waals surface area contributed by atoms with E-state index in [2.05, 4.69) is 0 Å². The molecule has 106 valence electrons. The van der Waals surface area contributed by atoms with Crippen LogP contribution in [0.5, 0.6) is 5.75 Å². The smallest absolute Gasteiger partial charge is 0.263 e. The van der Waals surface area contributed by atoms with E-state index < -0.39 is 11.9 Å². The van der Waals surface area contributed by atoms with Crippen LogP contribution < -0.4 is 4.74 Å². The minimum atomic E-state index is -0.671. The van der Waals surface area contributed by atoms with Crippen LogP contribution in [0.1, 0.15) is 26.3 Å². The Labute approximate surface area is 112 Å². The predicted molar refractivity (Wildman–Crippen MR) is 70.3 cm³/mol. The van der Waals surface area contributed by atoms with Gasteiger partial charge in [-0.15, -0.1) is 0 Å². The molecule has 0 aliphatic heterocycles. The number of halogens is 1. The summed E-state index contributed by atoms with van der Waals surface area (Å²) in [6, 6.07) is 3.86. The molecule has 1 amide bonds. The minimum absolute atomic E-state index is 0.127. The molecule has 0 saturated carbocycles. The normalized spacial score (nSPS) is 12.1. The number of aliphatic hydroxyl groups excluding tert-OH is 1. The van der Waals surface area contributed by atoms with E-state index in [4.69, 9.17) is 9.84 Å². The quantitative estimate of drug-likeness (QED) is 0.858. The van der Waals surface area contributed by atoms with Crippen molar-refractivity contribution in [1.29, 1.82) is 0 Å². The molecule has 0 saturated heterocycles. The molecule has 19 heavy (non-hydrogen) atoms. The van der Waals surface area contributed by atoms with Gasteiger partial charge in [0.25, 0.3) is 5.91 Å².